The number of hydrogen-bond donors (Lipinski definition) is 1. The molecule has 0 saturated heterocycles. The maximum Gasteiger partial charge on any atom is 0.265 e. The van der Waals surface area contributed by atoms with Crippen LogP contribution in [0.25, 0.3) is 0 Å². The van der Waals surface area contributed by atoms with Crippen molar-refractivity contribution in [2.75, 3.05) is 5.32 Å². The SMILES string of the molecule is Cc1ccncc1NC(=O)c1ccc(Br)s1. The van der Waals surface area contributed by atoms with E-state index >= 15 is 0 Å². The molecule has 3 nitrogen and oxygen atoms in total. The number of thiophene rings is 1. The molecule has 1 amide bonds. The Bertz CT molecular complexity index is 524. The summed E-state index contributed by atoms with van der Waals surface area (Å²) in [4.78, 5) is 16.5. The topological polar surface area (TPSA) is 42.0 Å². The van der Waals surface area contributed by atoms with E-state index in [4.69, 9.17) is 0 Å². The third-order valence-electron chi connectivity index (χ3n) is 2.08. The second-order valence-corrected chi connectivity index (χ2v) is 5.71. The molecule has 0 radical (unpaired) electrons. The van der Waals surface area contributed by atoms with E-state index in [1.165, 1.54) is 11.3 Å². The Morgan fingerprint density at radius 2 is 2.25 bits per heavy atom. The minimum Gasteiger partial charge on any atom is -0.320 e. The van der Waals surface area contributed by atoms with Crippen LogP contribution in [0.5, 0.6) is 0 Å². The van der Waals surface area contributed by atoms with Gasteiger partial charge in [-0.3, -0.25) is 9.78 Å². The molecule has 0 atom stereocenters. The standard InChI is InChI=1S/C11H9BrN2OS/c1-7-4-5-13-6-8(7)14-11(15)9-2-3-10(12)16-9/h2-6H,1H3,(H,14,15). The number of anilines is 1. The Labute approximate surface area is 106 Å². The second kappa shape index (κ2) is 4.76. The first kappa shape index (κ1) is 11.3. The quantitative estimate of drug-likeness (QED) is 0.922. The van der Waals surface area contributed by atoms with Crippen molar-refractivity contribution >= 4 is 38.9 Å². The van der Waals surface area contributed by atoms with E-state index < -0.39 is 0 Å². The van der Waals surface area contributed by atoms with Gasteiger partial charge in [-0.15, -0.1) is 11.3 Å². The van der Waals surface area contributed by atoms with Crippen LogP contribution in [0.2, 0.25) is 0 Å². The highest BCUT2D eigenvalue weighted by atomic mass is 79.9. The zero-order valence-electron chi connectivity index (χ0n) is 8.53. The van der Waals surface area contributed by atoms with Crippen LogP contribution in [0.4, 0.5) is 5.69 Å². The van der Waals surface area contributed by atoms with Gasteiger partial charge in [-0.05, 0) is 46.6 Å². The van der Waals surface area contributed by atoms with Crippen molar-refractivity contribution in [2.24, 2.45) is 0 Å². The van der Waals surface area contributed by atoms with E-state index in [1.807, 2.05) is 19.1 Å². The number of aromatic nitrogens is 1. The molecule has 0 aliphatic carbocycles. The van der Waals surface area contributed by atoms with E-state index in [-0.39, 0.29) is 5.91 Å². The molecule has 2 aromatic heterocycles. The van der Waals surface area contributed by atoms with Crippen LogP contribution in [-0.4, -0.2) is 10.9 Å². The minimum absolute atomic E-state index is 0.105. The van der Waals surface area contributed by atoms with E-state index in [9.17, 15) is 4.79 Å². The number of nitrogens with zero attached hydrogens (tertiary/aromatic N) is 1. The fourth-order valence-corrected chi connectivity index (χ4v) is 2.50. The fourth-order valence-electron chi connectivity index (χ4n) is 1.22. The van der Waals surface area contributed by atoms with E-state index in [2.05, 4.69) is 26.2 Å². The summed E-state index contributed by atoms with van der Waals surface area (Å²) in [6, 6.07) is 5.51. The maximum absolute atomic E-state index is 11.8. The summed E-state index contributed by atoms with van der Waals surface area (Å²) in [6.07, 6.45) is 3.35. The van der Waals surface area contributed by atoms with Gasteiger partial charge in [-0.1, -0.05) is 0 Å². The van der Waals surface area contributed by atoms with Crippen molar-refractivity contribution in [2.45, 2.75) is 6.92 Å². The van der Waals surface area contributed by atoms with Gasteiger partial charge in [0.05, 0.1) is 20.5 Å². The highest BCUT2D eigenvalue weighted by molar-refractivity contribution is 9.11. The van der Waals surface area contributed by atoms with Crippen molar-refractivity contribution in [1.82, 2.24) is 4.98 Å². The first-order chi connectivity index (χ1) is 7.66. The third-order valence-corrected chi connectivity index (χ3v) is 3.71. The van der Waals surface area contributed by atoms with Crippen LogP contribution in [0, 0.1) is 6.92 Å². The molecule has 0 spiro atoms. The van der Waals surface area contributed by atoms with Crippen LogP contribution >= 0.6 is 27.3 Å². The lowest BCUT2D eigenvalue weighted by Gasteiger charge is -2.05. The number of hydrogen-bond acceptors (Lipinski definition) is 3. The Balaban J connectivity index is 2.17. The summed E-state index contributed by atoms with van der Waals surface area (Å²) in [7, 11) is 0. The minimum atomic E-state index is -0.105. The lowest BCUT2D eigenvalue weighted by atomic mass is 10.2. The molecule has 0 aromatic carbocycles. The van der Waals surface area contributed by atoms with Gasteiger partial charge in [0.2, 0.25) is 0 Å². The highest BCUT2D eigenvalue weighted by Crippen LogP contribution is 2.23. The summed E-state index contributed by atoms with van der Waals surface area (Å²) in [5, 5.41) is 2.83. The Morgan fingerprint density at radius 1 is 1.44 bits per heavy atom. The molecule has 0 fully saturated rings. The lowest BCUT2D eigenvalue weighted by molar-refractivity contribution is 0.103. The number of rotatable bonds is 2. The molecular formula is C11H9BrN2OS. The van der Waals surface area contributed by atoms with Crippen molar-refractivity contribution in [3.8, 4) is 0 Å². The zero-order chi connectivity index (χ0) is 11.5. The van der Waals surface area contributed by atoms with Crippen LogP contribution < -0.4 is 5.32 Å². The molecule has 0 unspecified atom stereocenters. The number of amides is 1. The van der Waals surface area contributed by atoms with Crippen molar-refractivity contribution in [1.29, 1.82) is 0 Å². The number of nitrogens with one attached hydrogen (secondary N) is 1. The number of carbonyl (C=O) groups is 1. The largest absolute Gasteiger partial charge is 0.320 e. The molecule has 2 rings (SSSR count). The molecule has 1 N–H and O–H groups in total. The number of pyridine rings is 1. The van der Waals surface area contributed by atoms with Gasteiger partial charge in [0.25, 0.3) is 5.91 Å². The average molecular weight is 297 g/mol. The van der Waals surface area contributed by atoms with Gasteiger partial charge in [0, 0.05) is 6.20 Å². The number of halogens is 1. The first-order valence-electron chi connectivity index (χ1n) is 4.64. The predicted molar refractivity (Wildman–Crippen MR) is 68.9 cm³/mol. The molecule has 2 heterocycles. The Morgan fingerprint density at radius 3 is 2.88 bits per heavy atom. The highest BCUT2D eigenvalue weighted by Gasteiger charge is 2.09. The van der Waals surface area contributed by atoms with Crippen molar-refractivity contribution in [3.05, 3.63) is 44.8 Å². The van der Waals surface area contributed by atoms with Gasteiger partial charge in [0.15, 0.2) is 0 Å². The van der Waals surface area contributed by atoms with E-state index in [1.54, 1.807) is 18.5 Å². The molecule has 0 saturated carbocycles. The van der Waals surface area contributed by atoms with Crippen molar-refractivity contribution < 1.29 is 4.79 Å². The smallest absolute Gasteiger partial charge is 0.265 e. The molecule has 82 valence electrons. The predicted octanol–water partition coefficient (Wildman–Crippen LogP) is 3.47. The summed E-state index contributed by atoms with van der Waals surface area (Å²) in [5.41, 5.74) is 1.75. The average Bonchev–Trinajstić information content (AvgIpc) is 2.68. The zero-order valence-corrected chi connectivity index (χ0v) is 10.9. The normalized spacial score (nSPS) is 10.1. The van der Waals surface area contributed by atoms with Gasteiger partial charge in [0.1, 0.15) is 0 Å². The molecular weight excluding hydrogens is 288 g/mol. The molecule has 2 aromatic rings. The molecule has 0 aliphatic rings. The first-order valence-corrected chi connectivity index (χ1v) is 6.25. The fraction of sp³-hybridized carbons (Fsp3) is 0.0909. The van der Waals surface area contributed by atoms with Crippen LogP contribution in [0.15, 0.2) is 34.4 Å². The van der Waals surface area contributed by atoms with Gasteiger partial charge in [-0.25, -0.2) is 0 Å². The summed E-state index contributed by atoms with van der Waals surface area (Å²) in [5.74, 6) is -0.105. The van der Waals surface area contributed by atoms with Crippen LogP contribution in [-0.2, 0) is 0 Å². The number of aryl methyl sites for hydroxylation is 1. The summed E-state index contributed by atoms with van der Waals surface area (Å²) in [6.45, 7) is 1.93. The summed E-state index contributed by atoms with van der Waals surface area (Å²) >= 11 is 4.73. The number of carbonyl (C=O) groups excluding carboxylic acids is 1. The third kappa shape index (κ3) is 2.48. The van der Waals surface area contributed by atoms with E-state index in [0.29, 0.717) is 4.88 Å². The molecule has 0 aliphatic heterocycles. The molecule has 0 bridgehead atoms. The van der Waals surface area contributed by atoms with E-state index in [0.717, 1.165) is 15.0 Å². The molecule has 16 heavy (non-hydrogen) atoms. The Hall–Kier alpha value is -1.20. The second-order valence-electron chi connectivity index (χ2n) is 3.25. The molecule has 5 heteroatoms. The van der Waals surface area contributed by atoms with Crippen molar-refractivity contribution in [3.63, 3.8) is 0 Å². The monoisotopic (exact) mass is 296 g/mol. The van der Waals surface area contributed by atoms with Gasteiger partial charge >= 0.3 is 0 Å². The van der Waals surface area contributed by atoms with Gasteiger partial charge < -0.3 is 5.32 Å². The lowest BCUT2D eigenvalue weighted by Crippen LogP contribution is -2.11. The van der Waals surface area contributed by atoms with Crippen LogP contribution in [0.1, 0.15) is 15.2 Å². The van der Waals surface area contributed by atoms with Crippen LogP contribution in [0.3, 0.4) is 0 Å². The maximum atomic E-state index is 11.8. The summed E-state index contributed by atoms with van der Waals surface area (Å²) < 4.78 is 0.945. The Kier molecular flexibility index (Phi) is 3.36. The van der Waals surface area contributed by atoms with Gasteiger partial charge in [-0.2, -0.15) is 0 Å².